The Bertz CT molecular complexity index is 900. The lowest BCUT2D eigenvalue weighted by atomic mass is 9.96. The fraction of sp³-hybridized carbons (Fsp3) is 0.286. The number of aromatic nitrogens is 2. The van der Waals surface area contributed by atoms with Gasteiger partial charge in [0.05, 0.1) is 5.25 Å². The number of rotatable bonds is 8. The monoisotopic (exact) mass is 415 g/mol. The fourth-order valence-electron chi connectivity index (χ4n) is 2.76. The molecule has 5 nitrogen and oxygen atoms in total. The molecule has 3 aromatic rings. The highest BCUT2D eigenvalue weighted by Crippen LogP contribution is 2.27. The smallest absolute Gasteiger partial charge is 0.277 e. The average Bonchev–Trinajstić information content (AvgIpc) is 3.18. The van der Waals surface area contributed by atoms with Gasteiger partial charge in [0.15, 0.2) is 0 Å². The summed E-state index contributed by atoms with van der Waals surface area (Å²) in [6.07, 6.45) is 0.958. The van der Waals surface area contributed by atoms with Crippen LogP contribution in [0.2, 0.25) is 5.02 Å². The highest BCUT2D eigenvalue weighted by Gasteiger charge is 2.20. The molecular formula is C21H22ClN3O2S. The van der Waals surface area contributed by atoms with Gasteiger partial charge in [0, 0.05) is 23.0 Å². The molecule has 1 N–H and O–H groups in total. The zero-order chi connectivity index (χ0) is 19.9. The van der Waals surface area contributed by atoms with Crippen LogP contribution in [0.15, 0.2) is 64.2 Å². The van der Waals surface area contributed by atoms with E-state index in [0.29, 0.717) is 28.6 Å². The summed E-state index contributed by atoms with van der Waals surface area (Å²) in [5.41, 5.74) is 2.02. The summed E-state index contributed by atoms with van der Waals surface area (Å²) in [5, 5.41) is 11.8. The van der Waals surface area contributed by atoms with E-state index in [1.807, 2.05) is 37.3 Å². The van der Waals surface area contributed by atoms with Gasteiger partial charge in [0.25, 0.3) is 5.22 Å². The van der Waals surface area contributed by atoms with Crippen molar-refractivity contribution in [3.05, 3.63) is 65.2 Å². The van der Waals surface area contributed by atoms with Crippen molar-refractivity contribution in [2.45, 2.75) is 36.7 Å². The van der Waals surface area contributed by atoms with Crippen molar-refractivity contribution in [2.75, 3.05) is 6.54 Å². The largest absolute Gasteiger partial charge is 0.411 e. The molecule has 7 heteroatoms. The Morgan fingerprint density at radius 2 is 1.86 bits per heavy atom. The van der Waals surface area contributed by atoms with Crippen LogP contribution in [0, 0.1) is 0 Å². The number of hydrogen-bond acceptors (Lipinski definition) is 5. The number of halogens is 1. The molecule has 0 fully saturated rings. The summed E-state index contributed by atoms with van der Waals surface area (Å²) in [4.78, 5) is 12.5. The Labute approximate surface area is 173 Å². The van der Waals surface area contributed by atoms with Crippen molar-refractivity contribution in [3.63, 3.8) is 0 Å². The molecule has 1 heterocycles. The number of amides is 1. The quantitative estimate of drug-likeness (QED) is 0.513. The molecular weight excluding hydrogens is 394 g/mol. The van der Waals surface area contributed by atoms with Crippen molar-refractivity contribution < 1.29 is 9.21 Å². The molecule has 0 saturated carbocycles. The van der Waals surface area contributed by atoms with E-state index in [0.717, 1.165) is 12.0 Å². The van der Waals surface area contributed by atoms with Crippen LogP contribution in [-0.4, -0.2) is 27.9 Å². The van der Waals surface area contributed by atoms with Crippen LogP contribution in [0.4, 0.5) is 0 Å². The minimum absolute atomic E-state index is 0.0503. The minimum Gasteiger partial charge on any atom is -0.411 e. The lowest BCUT2D eigenvalue weighted by molar-refractivity contribution is -0.120. The third-order valence-electron chi connectivity index (χ3n) is 4.43. The first-order valence-corrected chi connectivity index (χ1v) is 10.4. The Morgan fingerprint density at radius 3 is 2.54 bits per heavy atom. The van der Waals surface area contributed by atoms with Gasteiger partial charge < -0.3 is 9.73 Å². The van der Waals surface area contributed by atoms with E-state index in [2.05, 4.69) is 34.6 Å². The predicted octanol–water partition coefficient (Wildman–Crippen LogP) is 5.18. The van der Waals surface area contributed by atoms with Crippen molar-refractivity contribution in [2.24, 2.45) is 0 Å². The van der Waals surface area contributed by atoms with Crippen LogP contribution in [-0.2, 0) is 4.79 Å². The molecule has 0 unspecified atom stereocenters. The zero-order valence-electron chi connectivity index (χ0n) is 15.8. The number of carbonyl (C=O) groups excluding carboxylic acids is 1. The second-order valence-corrected chi connectivity index (χ2v) is 8.13. The van der Waals surface area contributed by atoms with Crippen molar-refractivity contribution in [1.29, 1.82) is 0 Å². The Kier molecular flexibility index (Phi) is 7.12. The van der Waals surface area contributed by atoms with E-state index in [4.69, 9.17) is 16.0 Å². The van der Waals surface area contributed by atoms with Crippen LogP contribution in [0.5, 0.6) is 0 Å². The Balaban J connectivity index is 1.55. The maximum absolute atomic E-state index is 12.5. The number of hydrogen-bond donors (Lipinski definition) is 1. The van der Waals surface area contributed by atoms with Crippen LogP contribution in [0.1, 0.15) is 31.7 Å². The molecule has 146 valence electrons. The Hall–Kier alpha value is -2.31. The normalized spacial score (nSPS) is 13.1. The first-order valence-electron chi connectivity index (χ1n) is 9.15. The van der Waals surface area contributed by atoms with Gasteiger partial charge in [-0.1, -0.05) is 60.6 Å². The van der Waals surface area contributed by atoms with Gasteiger partial charge in [0.2, 0.25) is 11.8 Å². The van der Waals surface area contributed by atoms with E-state index in [9.17, 15) is 4.79 Å². The third kappa shape index (κ3) is 5.36. The summed E-state index contributed by atoms with van der Waals surface area (Å²) >= 11 is 7.14. The SMILES string of the molecule is CC[C@@H](CNC(=O)[C@H](C)Sc1nnc(-c2ccc(Cl)cc2)o1)c1ccccc1. The maximum atomic E-state index is 12.5. The molecule has 2 aromatic carbocycles. The third-order valence-corrected chi connectivity index (χ3v) is 5.62. The number of nitrogens with one attached hydrogen (secondary N) is 1. The summed E-state index contributed by atoms with van der Waals surface area (Å²) in [7, 11) is 0. The molecule has 0 radical (unpaired) electrons. The standard InChI is InChI=1S/C21H22ClN3O2S/c1-3-15(16-7-5-4-6-8-16)13-23-19(26)14(2)28-21-25-24-20(27-21)17-9-11-18(22)12-10-17/h4-12,14-15H,3,13H2,1-2H3,(H,23,26)/t14-,15-/m0/s1. The zero-order valence-corrected chi connectivity index (χ0v) is 17.3. The molecule has 0 saturated heterocycles. The van der Waals surface area contributed by atoms with E-state index in [-0.39, 0.29) is 11.2 Å². The second kappa shape index (κ2) is 9.75. The molecule has 0 spiro atoms. The summed E-state index contributed by atoms with van der Waals surface area (Å²) in [5.74, 6) is 0.648. The molecule has 1 amide bonds. The molecule has 3 rings (SSSR count). The molecule has 1 aromatic heterocycles. The average molecular weight is 416 g/mol. The van der Waals surface area contributed by atoms with E-state index >= 15 is 0 Å². The topological polar surface area (TPSA) is 68.0 Å². The lowest BCUT2D eigenvalue weighted by Crippen LogP contribution is -2.34. The highest BCUT2D eigenvalue weighted by atomic mass is 35.5. The first kappa shape index (κ1) is 20.4. The van der Waals surface area contributed by atoms with Crippen molar-refractivity contribution >= 4 is 29.3 Å². The Morgan fingerprint density at radius 1 is 1.14 bits per heavy atom. The first-order chi connectivity index (χ1) is 13.6. The van der Waals surface area contributed by atoms with Crippen LogP contribution >= 0.6 is 23.4 Å². The van der Waals surface area contributed by atoms with Crippen LogP contribution in [0.3, 0.4) is 0 Å². The second-order valence-electron chi connectivity index (χ2n) is 6.40. The number of carbonyl (C=O) groups is 1. The molecule has 2 atom stereocenters. The number of thioether (sulfide) groups is 1. The molecule has 28 heavy (non-hydrogen) atoms. The van der Waals surface area contributed by atoms with Gasteiger partial charge in [0.1, 0.15) is 0 Å². The van der Waals surface area contributed by atoms with Gasteiger partial charge in [-0.05, 0) is 43.2 Å². The van der Waals surface area contributed by atoms with Gasteiger partial charge in [-0.3, -0.25) is 4.79 Å². The molecule has 0 aliphatic carbocycles. The van der Waals surface area contributed by atoms with Crippen LogP contribution < -0.4 is 5.32 Å². The lowest BCUT2D eigenvalue weighted by Gasteiger charge is -2.17. The van der Waals surface area contributed by atoms with Crippen molar-refractivity contribution in [1.82, 2.24) is 15.5 Å². The van der Waals surface area contributed by atoms with E-state index in [1.54, 1.807) is 12.1 Å². The number of benzene rings is 2. The van der Waals surface area contributed by atoms with Crippen molar-refractivity contribution in [3.8, 4) is 11.5 Å². The van der Waals surface area contributed by atoms with E-state index < -0.39 is 0 Å². The molecule has 0 bridgehead atoms. The number of nitrogens with zero attached hydrogens (tertiary/aromatic N) is 2. The van der Waals surface area contributed by atoms with Gasteiger partial charge >= 0.3 is 0 Å². The van der Waals surface area contributed by atoms with Gasteiger partial charge in [-0.25, -0.2) is 0 Å². The van der Waals surface area contributed by atoms with Crippen LogP contribution in [0.25, 0.3) is 11.5 Å². The fourth-order valence-corrected chi connectivity index (χ4v) is 3.60. The molecule has 0 aliphatic rings. The predicted molar refractivity (Wildman–Crippen MR) is 113 cm³/mol. The van der Waals surface area contributed by atoms with E-state index in [1.165, 1.54) is 17.3 Å². The maximum Gasteiger partial charge on any atom is 0.277 e. The minimum atomic E-state index is -0.341. The molecule has 0 aliphatic heterocycles. The highest BCUT2D eigenvalue weighted by molar-refractivity contribution is 8.00. The van der Waals surface area contributed by atoms with Gasteiger partial charge in [-0.2, -0.15) is 0 Å². The summed E-state index contributed by atoms with van der Waals surface area (Å²) in [6, 6.07) is 17.4. The summed E-state index contributed by atoms with van der Waals surface area (Å²) < 4.78 is 5.66. The van der Waals surface area contributed by atoms with Gasteiger partial charge in [-0.15, -0.1) is 10.2 Å². The summed E-state index contributed by atoms with van der Waals surface area (Å²) in [6.45, 7) is 4.55.